The standard InChI is InChI=1S/C14H13BrN6O2/c15-11-3-2-10(23-11)14(22)17-8-7-16-12-4-5-13(20-19-12)21-9-1-6-18-21/h1-6,9H,7-8H2,(H,16,19)(H,17,22). The van der Waals surface area contributed by atoms with Crippen molar-refractivity contribution in [2.75, 3.05) is 18.4 Å². The summed E-state index contributed by atoms with van der Waals surface area (Å²) in [5, 5.41) is 18.0. The van der Waals surface area contributed by atoms with Crippen LogP contribution in [0, 0.1) is 0 Å². The highest BCUT2D eigenvalue weighted by Gasteiger charge is 2.09. The van der Waals surface area contributed by atoms with Crippen LogP contribution in [0.1, 0.15) is 10.6 Å². The van der Waals surface area contributed by atoms with E-state index in [0.29, 0.717) is 29.4 Å². The van der Waals surface area contributed by atoms with Crippen molar-refractivity contribution in [2.45, 2.75) is 0 Å². The molecule has 3 heterocycles. The van der Waals surface area contributed by atoms with Crippen molar-refractivity contribution in [3.63, 3.8) is 0 Å². The van der Waals surface area contributed by atoms with Crippen LogP contribution in [0.15, 0.2) is 51.8 Å². The number of carbonyl (C=O) groups is 1. The van der Waals surface area contributed by atoms with E-state index in [2.05, 4.69) is 41.9 Å². The molecule has 0 radical (unpaired) electrons. The number of hydrogen-bond acceptors (Lipinski definition) is 6. The number of amides is 1. The summed E-state index contributed by atoms with van der Waals surface area (Å²) in [4.78, 5) is 11.8. The predicted molar refractivity (Wildman–Crippen MR) is 86.4 cm³/mol. The third-order valence-corrected chi connectivity index (χ3v) is 3.33. The van der Waals surface area contributed by atoms with Crippen LogP contribution in [0.3, 0.4) is 0 Å². The molecule has 0 atom stereocenters. The highest BCUT2D eigenvalue weighted by molar-refractivity contribution is 9.10. The molecule has 3 aromatic heterocycles. The van der Waals surface area contributed by atoms with Gasteiger partial charge in [-0.25, -0.2) is 4.68 Å². The highest BCUT2D eigenvalue weighted by atomic mass is 79.9. The molecule has 0 saturated heterocycles. The molecule has 0 saturated carbocycles. The van der Waals surface area contributed by atoms with Gasteiger partial charge in [0.25, 0.3) is 5.91 Å². The van der Waals surface area contributed by atoms with Crippen LogP contribution in [-0.2, 0) is 0 Å². The average Bonchev–Trinajstić information content (AvgIpc) is 3.23. The van der Waals surface area contributed by atoms with Gasteiger partial charge in [0.05, 0.1) is 0 Å². The van der Waals surface area contributed by atoms with E-state index < -0.39 is 0 Å². The molecule has 0 aliphatic heterocycles. The minimum absolute atomic E-state index is 0.264. The van der Waals surface area contributed by atoms with Gasteiger partial charge in [-0.1, -0.05) is 0 Å². The zero-order chi connectivity index (χ0) is 16.1. The molecule has 3 rings (SSSR count). The summed E-state index contributed by atoms with van der Waals surface area (Å²) >= 11 is 3.15. The monoisotopic (exact) mass is 376 g/mol. The fourth-order valence-corrected chi connectivity index (χ4v) is 2.14. The Balaban J connectivity index is 1.45. The minimum atomic E-state index is -0.266. The first-order valence-corrected chi connectivity index (χ1v) is 7.63. The van der Waals surface area contributed by atoms with Gasteiger partial charge in [-0.3, -0.25) is 4.79 Å². The maximum Gasteiger partial charge on any atom is 0.287 e. The second-order valence-electron chi connectivity index (χ2n) is 4.51. The Morgan fingerprint density at radius 3 is 2.78 bits per heavy atom. The van der Waals surface area contributed by atoms with Crippen LogP contribution < -0.4 is 10.6 Å². The lowest BCUT2D eigenvalue weighted by molar-refractivity contribution is 0.0926. The second kappa shape index (κ2) is 7.05. The average molecular weight is 377 g/mol. The van der Waals surface area contributed by atoms with Crippen LogP contribution >= 0.6 is 15.9 Å². The second-order valence-corrected chi connectivity index (χ2v) is 5.30. The van der Waals surface area contributed by atoms with Gasteiger partial charge in [0, 0.05) is 25.5 Å². The summed E-state index contributed by atoms with van der Waals surface area (Å²) in [6.07, 6.45) is 3.47. The van der Waals surface area contributed by atoms with Gasteiger partial charge in [-0.05, 0) is 46.3 Å². The maximum atomic E-state index is 11.8. The minimum Gasteiger partial charge on any atom is -0.444 e. The van der Waals surface area contributed by atoms with Crippen LogP contribution in [0.25, 0.3) is 5.82 Å². The highest BCUT2D eigenvalue weighted by Crippen LogP contribution is 2.13. The van der Waals surface area contributed by atoms with Gasteiger partial charge in [0.1, 0.15) is 5.82 Å². The maximum absolute atomic E-state index is 11.8. The zero-order valence-corrected chi connectivity index (χ0v) is 13.5. The molecule has 1 amide bonds. The quantitative estimate of drug-likeness (QED) is 0.637. The fourth-order valence-electron chi connectivity index (χ4n) is 1.84. The Hall–Kier alpha value is -2.68. The van der Waals surface area contributed by atoms with E-state index in [1.165, 1.54) is 0 Å². The van der Waals surface area contributed by atoms with Crippen molar-refractivity contribution >= 4 is 27.7 Å². The van der Waals surface area contributed by atoms with Gasteiger partial charge < -0.3 is 15.1 Å². The van der Waals surface area contributed by atoms with Gasteiger partial charge in [0.2, 0.25) is 0 Å². The molecule has 0 bridgehead atoms. The molecule has 0 spiro atoms. The normalized spacial score (nSPS) is 10.5. The first kappa shape index (κ1) is 15.2. The van der Waals surface area contributed by atoms with Crippen molar-refractivity contribution in [1.82, 2.24) is 25.3 Å². The van der Waals surface area contributed by atoms with Crippen molar-refractivity contribution in [2.24, 2.45) is 0 Å². The molecule has 0 aliphatic rings. The van der Waals surface area contributed by atoms with Crippen LogP contribution in [0.5, 0.6) is 0 Å². The van der Waals surface area contributed by atoms with E-state index >= 15 is 0 Å². The van der Waals surface area contributed by atoms with Crippen molar-refractivity contribution in [3.05, 3.63) is 53.2 Å². The Labute approximate surface area is 140 Å². The Kier molecular flexibility index (Phi) is 4.67. The van der Waals surface area contributed by atoms with Crippen molar-refractivity contribution in [1.29, 1.82) is 0 Å². The summed E-state index contributed by atoms with van der Waals surface area (Å²) < 4.78 is 7.31. The molecule has 0 unspecified atom stereocenters. The van der Waals surface area contributed by atoms with Gasteiger partial charge in [-0.2, -0.15) is 5.10 Å². The fraction of sp³-hybridized carbons (Fsp3) is 0.143. The molecule has 3 aromatic rings. The van der Waals surface area contributed by atoms with E-state index in [0.717, 1.165) is 0 Å². The SMILES string of the molecule is O=C(NCCNc1ccc(-n2cccn2)nn1)c1ccc(Br)o1. The predicted octanol–water partition coefficient (Wildman–Crippen LogP) is 1.86. The van der Waals surface area contributed by atoms with Gasteiger partial charge >= 0.3 is 0 Å². The van der Waals surface area contributed by atoms with Crippen LogP contribution in [0.4, 0.5) is 5.82 Å². The lowest BCUT2D eigenvalue weighted by Gasteiger charge is -2.06. The first-order valence-electron chi connectivity index (χ1n) is 6.83. The summed E-state index contributed by atoms with van der Waals surface area (Å²) in [5.41, 5.74) is 0. The van der Waals surface area contributed by atoms with Crippen molar-refractivity contribution in [3.8, 4) is 5.82 Å². The molecule has 23 heavy (non-hydrogen) atoms. The number of carbonyl (C=O) groups excluding carboxylic acids is 1. The van der Waals surface area contributed by atoms with E-state index in [1.54, 1.807) is 41.3 Å². The van der Waals surface area contributed by atoms with E-state index in [1.807, 2.05) is 6.07 Å². The van der Waals surface area contributed by atoms with Crippen molar-refractivity contribution < 1.29 is 9.21 Å². The molecule has 2 N–H and O–H groups in total. The topological polar surface area (TPSA) is 97.9 Å². The van der Waals surface area contributed by atoms with Crippen LogP contribution in [-0.4, -0.2) is 39.0 Å². The number of halogens is 1. The summed E-state index contributed by atoms with van der Waals surface area (Å²) in [6, 6.07) is 8.70. The summed E-state index contributed by atoms with van der Waals surface area (Å²) in [7, 11) is 0. The molecular formula is C14H13BrN6O2. The molecular weight excluding hydrogens is 364 g/mol. The lowest BCUT2D eigenvalue weighted by atomic mass is 10.4. The molecule has 0 aromatic carbocycles. The zero-order valence-electron chi connectivity index (χ0n) is 11.9. The van der Waals surface area contributed by atoms with E-state index in [-0.39, 0.29) is 11.7 Å². The lowest BCUT2D eigenvalue weighted by Crippen LogP contribution is -2.28. The number of anilines is 1. The summed E-state index contributed by atoms with van der Waals surface area (Å²) in [6.45, 7) is 0.948. The summed E-state index contributed by atoms with van der Waals surface area (Å²) in [5.74, 6) is 1.26. The largest absolute Gasteiger partial charge is 0.444 e. The number of rotatable bonds is 6. The van der Waals surface area contributed by atoms with E-state index in [9.17, 15) is 4.79 Å². The number of furan rings is 1. The Bertz CT molecular complexity index is 769. The number of hydrogen-bond donors (Lipinski definition) is 2. The van der Waals surface area contributed by atoms with Gasteiger partial charge in [-0.15, -0.1) is 10.2 Å². The van der Waals surface area contributed by atoms with E-state index in [4.69, 9.17) is 4.42 Å². The third kappa shape index (κ3) is 3.95. The van der Waals surface area contributed by atoms with Crippen LogP contribution in [0.2, 0.25) is 0 Å². The smallest absolute Gasteiger partial charge is 0.287 e. The number of nitrogens with zero attached hydrogens (tertiary/aromatic N) is 4. The Morgan fingerprint density at radius 2 is 2.13 bits per heavy atom. The molecule has 8 nitrogen and oxygen atoms in total. The molecule has 9 heteroatoms. The Morgan fingerprint density at radius 1 is 1.22 bits per heavy atom. The number of aromatic nitrogens is 4. The first-order chi connectivity index (χ1) is 11.2. The molecule has 118 valence electrons. The van der Waals surface area contributed by atoms with Gasteiger partial charge in [0.15, 0.2) is 16.2 Å². The third-order valence-electron chi connectivity index (χ3n) is 2.90. The molecule has 0 aliphatic carbocycles. The number of nitrogens with one attached hydrogen (secondary N) is 2. The molecule has 0 fully saturated rings.